The lowest BCUT2D eigenvalue weighted by molar-refractivity contribution is -0.155. The van der Waals surface area contributed by atoms with Crippen LogP contribution in [0.25, 0.3) is 0 Å². The van der Waals surface area contributed by atoms with Crippen molar-refractivity contribution < 1.29 is 23.5 Å². The first kappa shape index (κ1) is 23.4. The van der Waals surface area contributed by atoms with Crippen LogP contribution in [0.4, 0.5) is 0 Å². The summed E-state index contributed by atoms with van der Waals surface area (Å²) in [5.74, 6) is 0.121. The third-order valence-electron chi connectivity index (χ3n) is 8.11. The molecule has 3 rings (SSSR count). The highest BCUT2D eigenvalue weighted by atomic mass is 16.5. The van der Waals surface area contributed by atoms with Crippen LogP contribution in [0.15, 0.2) is 46.3 Å². The Morgan fingerprint density at radius 2 is 2.10 bits per heavy atom. The van der Waals surface area contributed by atoms with Gasteiger partial charge in [-0.15, -0.1) is 0 Å². The van der Waals surface area contributed by atoms with Gasteiger partial charge < -0.3 is 13.9 Å². The molecule has 1 aromatic rings. The molecule has 0 amide bonds. The Bertz CT molecular complexity index is 849. The average molecular weight is 429 g/mol. The van der Waals surface area contributed by atoms with Gasteiger partial charge in [-0.25, -0.2) is 9.59 Å². The quantitative estimate of drug-likeness (QED) is 0.414. The molecule has 1 fully saturated rings. The number of rotatable bonds is 7. The molecule has 0 radical (unpaired) electrons. The Morgan fingerprint density at radius 1 is 1.32 bits per heavy atom. The number of fused-ring (bicyclic) bond motifs is 1. The summed E-state index contributed by atoms with van der Waals surface area (Å²) in [6.07, 6.45) is 12.9. The molecule has 170 valence electrons. The van der Waals surface area contributed by atoms with E-state index in [4.69, 9.17) is 13.9 Å². The first-order valence-electron chi connectivity index (χ1n) is 11.4. The molecule has 0 aromatic carbocycles. The van der Waals surface area contributed by atoms with Crippen molar-refractivity contribution in [2.45, 2.75) is 66.2 Å². The summed E-state index contributed by atoms with van der Waals surface area (Å²) in [7, 11) is 1.43. The largest absolute Gasteiger partial charge is 0.472 e. The molecular weight excluding hydrogens is 392 g/mol. The van der Waals surface area contributed by atoms with Crippen molar-refractivity contribution in [3.8, 4) is 0 Å². The van der Waals surface area contributed by atoms with Gasteiger partial charge in [0.2, 0.25) is 0 Å². The molecule has 5 nitrogen and oxygen atoms in total. The average Bonchev–Trinajstić information content (AvgIpc) is 3.31. The molecule has 0 bridgehead atoms. The minimum absolute atomic E-state index is 0.00506. The second-order valence-corrected chi connectivity index (χ2v) is 9.52. The Morgan fingerprint density at radius 3 is 2.74 bits per heavy atom. The second-order valence-electron chi connectivity index (χ2n) is 9.52. The topological polar surface area (TPSA) is 65.7 Å². The Labute approximate surface area is 185 Å². The van der Waals surface area contributed by atoms with Crippen molar-refractivity contribution >= 4 is 11.9 Å². The minimum atomic E-state index is -0.507. The number of carbonyl (C=O) groups excluding carboxylic acids is 2. The van der Waals surface area contributed by atoms with Crippen LogP contribution in [0.1, 0.15) is 65.4 Å². The molecular formula is C26H36O5. The Kier molecular flexibility index (Phi) is 7.13. The number of aryl methyl sites for hydroxylation is 1. The predicted octanol–water partition coefficient (Wildman–Crippen LogP) is 5.65. The lowest BCUT2D eigenvalue weighted by atomic mass is 9.46. The molecule has 0 N–H and O–H groups in total. The van der Waals surface area contributed by atoms with E-state index in [9.17, 15) is 9.59 Å². The smallest absolute Gasteiger partial charge is 0.334 e. The van der Waals surface area contributed by atoms with Gasteiger partial charge in [0, 0.05) is 16.6 Å². The summed E-state index contributed by atoms with van der Waals surface area (Å²) in [4.78, 5) is 25.3. The first-order chi connectivity index (χ1) is 14.8. The molecule has 1 heterocycles. The lowest BCUT2D eigenvalue weighted by Crippen LogP contribution is -2.54. The van der Waals surface area contributed by atoms with Gasteiger partial charge in [0.15, 0.2) is 0 Å². The highest BCUT2D eigenvalue weighted by Gasteiger charge is 2.58. The molecule has 1 aromatic heterocycles. The van der Waals surface area contributed by atoms with Gasteiger partial charge in [0.05, 0.1) is 19.6 Å². The van der Waals surface area contributed by atoms with Crippen LogP contribution in [0.2, 0.25) is 0 Å². The van der Waals surface area contributed by atoms with Gasteiger partial charge in [-0.1, -0.05) is 26.0 Å². The highest BCUT2D eigenvalue weighted by molar-refractivity contribution is 5.91. The van der Waals surface area contributed by atoms with E-state index in [1.165, 1.54) is 12.7 Å². The molecule has 31 heavy (non-hydrogen) atoms. The van der Waals surface area contributed by atoms with Crippen molar-refractivity contribution in [3.63, 3.8) is 0 Å². The molecule has 1 saturated carbocycles. The van der Waals surface area contributed by atoms with E-state index in [0.717, 1.165) is 38.5 Å². The highest BCUT2D eigenvalue weighted by Crippen LogP contribution is 2.62. The van der Waals surface area contributed by atoms with Crippen molar-refractivity contribution in [3.05, 3.63) is 47.5 Å². The van der Waals surface area contributed by atoms with Gasteiger partial charge in [-0.2, -0.15) is 0 Å². The predicted molar refractivity (Wildman–Crippen MR) is 119 cm³/mol. The van der Waals surface area contributed by atoms with Crippen LogP contribution >= 0.6 is 0 Å². The fraction of sp³-hybridized carbons (Fsp3) is 0.615. The number of hydrogen-bond donors (Lipinski definition) is 0. The summed E-state index contributed by atoms with van der Waals surface area (Å²) >= 11 is 0. The summed E-state index contributed by atoms with van der Waals surface area (Å²) in [5.41, 5.74) is 1.97. The van der Waals surface area contributed by atoms with E-state index in [2.05, 4.69) is 13.8 Å². The van der Waals surface area contributed by atoms with Crippen LogP contribution in [0.3, 0.4) is 0 Å². The number of methoxy groups -OCH3 is 1. The summed E-state index contributed by atoms with van der Waals surface area (Å²) in [6.45, 7) is 8.48. The fourth-order valence-corrected chi connectivity index (χ4v) is 5.82. The molecule has 5 heteroatoms. The fourth-order valence-electron chi connectivity index (χ4n) is 5.82. The maximum Gasteiger partial charge on any atom is 0.334 e. The zero-order valence-electron chi connectivity index (χ0n) is 19.5. The van der Waals surface area contributed by atoms with Gasteiger partial charge in [-0.05, 0) is 81.3 Å². The number of esters is 2. The maximum atomic E-state index is 12.8. The van der Waals surface area contributed by atoms with E-state index in [0.29, 0.717) is 17.1 Å². The summed E-state index contributed by atoms with van der Waals surface area (Å²) in [5, 5.41) is 0. The van der Waals surface area contributed by atoms with E-state index >= 15 is 0 Å². The third-order valence-corrected chi connectivity index (χ3v) is 8.11. The van der Waals surface area contributed by atoms with Crippen LogP contribution < -0.4 is 0 Å². The molecule has 4 atom stereocenters. The van der Waals surface area contributed by atoms with Crippen molar-refractivity contribution in [2.24, 2.45) is 22.7 Å². The molecule has 0 aliphatic heterocycles. The number of furan rings is 1. The van der Waals surface area contributed by atoms with E-state index in [1.54, 1.807) is 19.3 Å². The minimum Gasteiger partial charge on any atom is -0.472 e. The van der Waals surface area contributed by atoms with Crippen LogP contribution in [-0.2, 0) is 25.5 Å². The molecule has 0 unspecified atom stereocenters. The van der Waals surface area contributed by atoms with Gasteiger partial charge in [-0.3, -0.25) is 0 Å². The van der Waals surface area contributed by atoms with Gasteiger partial charge in [0.25, 0.3) is 0 Å². The molecule has 0 saturated heterocycles. The normalized spacial score (nSPS) is 30.9. The Balaban J connectivity index is 1.96. The summed E-state index contributed by atoms with van der Waals surface area (Å²) in [6, 6.07) is 2.02. The van der Waals surface area contributed by atoms with Crippen molar-refractivity contribution in [1.29, 1.82) is 0 Å². The zero-order valence-corrected chi connectivity index (χ0v) is 19.5. The van der Waals surface area contributed by atoms with Gasteiger partial charge in [0.1, 0.15) is 6.61 Å². The number of ether oxygens (including phenoxy) is 2. The lowest BCUT2D eigenvalue weighted by Gasteiger charge is -2.58. The van der Waals surface area contributed by atoms with Crippen LogP contribution in [-0.4, -0.2) is 25.7 Å². The van der Waals surface area contributed by atoms with E-state index in [-0.39, 0.29) is 29.9 Å². The Hall–Kier alpha value is -2.30. The first-order valence-corrected chi connectivity index (χ1v) is 11.4. The van der Waals surface area contributed by atoms with E-state index in [1.807, 2.05) is 25.3 Å². The zero-order chi connectivity index (χ0) is 22.6. The van der Waals surface area contributed by atoms with E-state index < -0.39 is 5.41 Å². The monoisotopic (exact) mass is 428 g/mol. The molecule has 2 aliphatic carbocycles. The molecule has 2 aliphatic rings. The third kappa shape index (κ3) is 4.37. The second kappa shape index (κ2) is 9.46. The van der Waals surface area contributed by atoms with Crippen molar-refractivity contribution in [2.75, 3.05) is 13.7 Å². The SMILES string of the molecule is CC=C(C)C(=O)OC[C@@]12CC[C@@H](C)[C@](C)(CCc3ccoc3)[C@H]1CCC=C2C(=O)OC. The van der Waals surface area contributed by atoms with Crippen LogP contribution in [0.5, 0.6) is 0 Å². The molecule has 0 spiro atoms. The number of allylic oxidation sites excluding steroid dienone is 2. The standard InChI is InChI=1S/C26H36O5/c1-6-18(2)23(27)31-17-26-14-10-19(3)25(4,13-11-20-12-15-30-16-20)22(26)9-7-8-21(26)24(28)29-5/h6,8,12,15-16,19,22H,7,9-11,13-14,17H2,1-5H3/t19-,22-,25+,26-/m1/s1. The number of carbonyl (C=O) groups is 2. The van der Waals surface area contributed by atoms with Gasteiger partial charge >= 0.3 is 11.9 Å². The maximum absolute atomic E-state index is 12.8. The number of hydrogen-bond acceptors (Lipinski definition) is 5. The summed E-state index contributed by atoms with van der Waals surface area (Å²) < 4.78 is 16.3. The van der Waals surface area contributed by atoms with Crippen LogP contribution in [0, 0.1) is 22.7 Å². The van der Waals surface area contributed by atoms with Crippen molar-refractivity contribution in [1.82, 2.24) is 0 Å².